The predicted molar refractivity (Wildman–Crippen MR) is 59.6 cm³/mol. The van der Waals surface area contributed by atoms with E-state index in [4.69, 9.17) is 0 Å². The Morgan fingerprint density at radius 2 is 2.14 bits per heavy atom. The lowest BCUT2D eigenvalue weighted by molar-refractivity contribution is 0.894. The molecule has 0 aliphatic carbocycles. The SMILES string of the molecule is CCCc1c(C)nc2[nH]ccc2c1C. The van der Waals surface area contributed by atoms with Crippen molar-refractivity contribution in [3.63, 3.8) is 0 Å². The summed E-state index contributed by atoms with van der Waals surface area (Å²) in [6.45, 7) is 6.49. The summed E-state index contributed by atoms with van der Waals surface area (Å²) >= 11 is 0. The molecular formula is C12H16N2. The molecule has 74 valence electrons. The summed E-state index contributed by atoms with van der Waals surface area (Å²) in [5.41, 5.74) is 4.98. The third kappa shape index (κ3) is 1.31. The molecule has 0 aromatic carbocycles. The lowest BCUT2D eigenvalue weighted by Crippen LogP contribution is -1.97. The largest absolute Gasteiger partial charge is 0.346 e. The first-order chi connectivity index (χ1) is 6.74. The molecule has 0 bridgehead atoms. The number of aromatic amines is 1. The first-order valence-electron chi connectivity index (χ1n) is 5.17. The molecule has 0 atom stereocenters. The van der Waals surface area contributed by atoms with E-state index in [-0.39, 0.29) is 0 Å². The Bertz CT molecular complexity index is 455. The summed E-state index contributed by atoms with van der Waals surface area (Å²) in [5, 5.41) is 1.26. The first-order valence-corrected chi connectivity index (χ1v) is 5.17. The van der Waals surface area contributed by atoms with Gasteiger partial charge in [-0.1, -0.05) is 13.3 Å². The van der Waals surface area contributed by atoms with Gasteiger partial charge in [-0.05, 0) is 37.5 Å². The molecule has 0 radical (unpaired) electrons. The Labute approximate surface area is 84.4 Å². The molecule has 0 saturated carbocycles. The molecule has 2 heterocycles. The van der Waals surface area contributed by atoms with Gasteiger partial charge in [0, 0.05) is 17.3 Å². The number of aryl methyl sites for hydroxylation is 2. The third-order valence-electron chi connectivity index (χ3n) is 2.80. The maximum atomic E-state index is 4.56. The smallest absolute Gasteiger partial charge is 0.137 e. The van der Waals surface area contributed by atoms with Gasteiger partial charge in [0.15, 0.2) is 0 Å². The fourth-order valence-electron chi connectivity index (χ4n) is 2.04. The van der Waals surface area contributed by atoms with E-state index in [1.54, 1.807) is 0 Å². The number of hydrogen-bond donors (Lipinski definition) is 1. The van der Waals surface area contributed by atoms with Crippen molar-refractivity contribution in [2.45, 2.75) is 33.6 Å². The number of nitrogens with zero attached hydrogens (tertiary/aromatic N) is 1. The van der Waals surface area contributed by atoms with Crippen molar-refractivity contribution >= 4 is 11.0 Å². The number of rotatable bonds is 2. The minimum atomic E-state index is 1.01. The van der Waals surface area contributed by atoms with Crippen LogP contribution in [0.2, 0.25) is 0 Å². The van der Waals surface area contributed by atoms with Crippen molar-refractivity contribution in [2.24, 2.45) is 0 Å². The van der Waals surface area contributed by atoms with Crippen LogP contribution in [0.1, 0.15) is 30.2 Å². The van der Waals surface area contributed by atoms with Gasteiger partial charge in [0.1, 0.15) is 5.65 Å². The van der Waals surface area contributed by atoms with Crippen LogP contribution >= 0.6 is 0 Å². The molecular weight excluding hydrogens is 172 g/mol. The molecule has 2 aromatic rings. The second-order valence-corrected chi connectivity index (χ2v) is 3.79. The predicted octanol–water partition coefficient (Wildman–Crippen LogP) is 3.13. The second kappa shape index (κ2) is 3.45. The van der Waals surface area contributed by atoms with Crippen molar-refractivity contribution in [1.29, 1.82) is 0 Å². The molecule has 2 rings (SSSR count). The molecule has 0 spiro atoms. The topological polar surface area (TPSA) is 28.7 Å². The Balaban J connectivity index is 2.69. The van der Waals surface area contributed by atoms with E-state index in [9.17, 15) is 0 Å². The van der Waals surface area contributed by atoms with Gasteiger partial charge in [-0.2, -0.15) is 0 Å². The van der Waals surface area contributed by atoms with E-state index in [1.165, 1.54) is 28.6 Å². The number of aromatic nitrogens is 2. The maximum absolute atomic E-state index is 4.56. The van der Waals surface area contributed by atoms with Gasteiger partial charge < -0.3 is 4.98 Å². The van der Waals surface area contributed by atoms with Crippen LogP contribution in [0.3, 0.4) is 0 Å². The monoisotopic (exact) mass is 188 g/mol. The third-order valence-corrected chi connectivity index (χ3v) is 2.80. The zero-order valence-corrected chi connectivity index (χ0v) is 9.02. The van der Waals surface area contributed by atoms with Gasteiger partial charge in [0.2, 0.25) is 0 Å². The van der Waals surface area contributed by atoms with Crippen LogP contribution in [0.4, 0.5) is 0 Å². The van der Waals surface area contributed by atoms with Crippen molar-refractivity contribution in [3.05, 3.63) is 29.1 Å². The van der Waals surface area contributed by atoms with Crippen LogP contribution in [-0.4, -0.2) is 9.97 Å². The molecule has 0 unspecified atom stereocenters. The zero-order chi connectivity index (χ0) is 10.1. The second-order valence-electron chi connectivity index (χ2n) is 3.79. The van der Waals surface area contributed by atoms with E-state index in [1.807, 2.05) is 6.20 Å². The molecule has 0 amide bonds. The van der Waals surface area contributed by atoms with Crippen LogP contribution in [-0.2, 0) is 6.42 Å². The van der Waals surface area contributed by atoms with Crippen LogP contribution in [0.5, 0.6) is 0 Å². The summed E-state index contributed by atoms with van der Waals surface area (Å²) < 4.78 is 0. The highest BCUT2D eigenvalue weighted by Crippen LogP contribution is 2.22. The van der Waals surface area contributed by atoms with E-state index < -0.39 is 0 Å². The average Bonchev–Trinajstić information content (AvgIpc) is 2.60. The first kappa shape index (κ1) is 9.25. The van der Waals surface area contributed by atoms with Crippen LogP contribution in [0.15, 0.2) is 12.3 Å². The zero-order valence-electron chi connectivity index (χ0n) is 9.02. The van der Waals surface area contributed by atoms with Gasteiger partial charge >= 0.3 is 0 Å². The van der Waals surface area contributed by atoms with E-state index in [0.717, 1.165) is 12.1 Å². The lowest BCUT2D eigenvalue weighted by atomic mass is 10.0. The Hall–Kier alpha value is -1.31. The highest BCUT2D eigenvalue weighted by molar-refractivity contribution is 5.80. The average molecular weight is 188 g/mol. The van der Waals surface area contributed by atoms with Crippen LogP contribution in [0.25, 0.3) is 11.0 Å². The number of hydrogen-bond acceptors (Lipinski definition) is 1. The van der Waals surface area contributed by atoms with E-state index >= 15 is 0 Å². The maximum Gasteiger partial charge on any atom is 0.137 e. The minimum absolute atomic E-state index is 1.01. The summed E-state index contributed by atoms with van der Waals surface area (Å²) in [4.78, 5) is 7.72. The van der Waals surface area contributed by atoms with Gasteiger partial charge in [-0.25, -0.2) is 4.98 Å². The van der Waals surface area contributed by atoms with Crippen molar-refractivity contribution in [3.8, 4) is 0 Å². The summed E-state index contributed by atoms with van der Waals surface area (Å²) in [7, 11) is 0. The molecule has 2 heteroatoms. The number of nitrogens with one attached hydrogen (secondary N) is 1. The number of pyridine rings is 1. The Morgan fingerprint density at radius 3 is 2.86 bits per heavy atom. The molecule has 14 heavy (non-hydrogen) atoms. The molecule has 2 aromatic heterocycles. The van der Waals surface area contributed by atoms with Gasteiger partial charge in [0.05, 0.1) is 0 Å². The highest BCUT2D eigenvalue weighted by Gasteiger charge is 2.08. The van der Waals surface area contributed by atoms with Crippen molar-refractivity contribution < 1.29 is 0 Å². The van der Waals surface area contributed by atoms with E-state index in [2.05, 4.69) is 36.8 Å². The van der Waals surface area contributed by atoms with E-state index in [0.29, 0.717) is 0 Å². The van der Waals surface area contributed by atoms with Crippen LogP contribution in [0, 0.1) is 13.8 Å². The highest BCUT2D eigenvalue weighted by atomic mass is 14.8. The molecule has 0 saturated heterocycles. The van der Waals surface area contributed by atoms with Crippen molar-refractivity contribution in [2.75, 3.05) is 0 Å². The Morgan fingerprint density at radius 1 is 1.36 bits per heavy atom. The Kier molecular flexibility index (Phi) is 2.28. The normalized spacial score (nSPS) is 11.1. The minimum Gasteiger partial charge on any atom is -0.346 e. The molecule has 0 aliphatic rings. The van der Waals surface area contributed by atoms with Gasteiger partial charge in [-0.15, -0.1) is 0 Å². The lowest BCUT2D eigenvalue weighted by Gasteiger charge is -2.08. The number of fused-ring (bicyclic) bond motifs is 1. The molecule has 1 N–H and O–H groups in total. The van der Waals surface area contributed by atoms with Gasteiger partial charge in [-0.3, -0.25) is 0 Å². The standard InChI is InChI=1S/C12H16N2/c1-4-5-10-8(2)11-6-7-13-12(11)14-9(10)3/h6-7H,4-5H2,1-3H3,(H,13,14). The fourth-order valence-corrected chi connectivity index (χ4v) is 2.04. The molecule has 0 aliphatic heterocycles. The van der Waals surface area contributed by atoms with Crippen LogP contribution < -0.4 is 0 Å². The number of H-pyrrole nitrogens is 1. The molecule has 2 nitrogen and oxygen atoms in total. The summed E-state index contributed by atoms with van der Waals surface area (Å²) in [6.07, 6.45) is 4.27. The summed E-state index contributed by atoms with van der Waals surface area (Å²) in [5.74, 6) is 0. The quantitative estimate of drug-likeness (QED) is 0.770. The van der Waals surface area contributed by atoms with Gasteiger partial charge in [0.25, 0.3) is 0 Å². The summed E-state index contributed by atoms with van der Waals surface area (Å²) in [6, 6.07) is 2.11. The fraction of sp³-hybridized carbons (Fsp3) is 0.417. The van der Waals surface area contributed by atoms with Crippen molar-refractivity contribution in [1.82, 2.24) is 9.97 Å². The molecule has 0 fully saturated rings.